The van der Waals surface area contributed by atoms with Crippen LogP contribution < -0.4 is 0 Å². The Hall–Kier alpha value is -0.750. The zero-order valence-electron chi connectivity index (χ0n) is 16.1. The Morgan fingerprint density at radius 3 is 2.44 bits per heavy atom. The first-order valence-electron chi connectivity index (χ1n) is 9.30. The number of rotatable bonds is 6. The van der Waals surface area contributed by atoms with Crippen LogP contribution in [0.25, 0.3) is 0 Å². The highest BCUT2D eigenvalue weighted by Gasteiger charge is 2.38. The number of hydrogen-bond donors (Lipinski definition) is 1. The molecule has 1 aliphatic heterocycles. The Morgan fingerprint density at radius 1 is 1.28 bits per heavy atom. The Kier molecular flexibility index (Phi) is 7.20. The fraction of sp³-hybridized carbons (Fsp3) is 0.700. The van der Waals surface area contributed by atoms with Crippen LogP contribution in [0, 0.1) is 5.92 Å². The van der Waals surface area contributed by atoms with Gasteiger partial charge < -0.3 is 9.84 Å². The van der Waals surface area contributed by atoms with Gasteiger partial charge in [0, 0.05) is 18.5 Å². The van der Waals surface area contributed by atoms with E-state index in [1.54, 1.807) is 0 Å². The summed E-state index contributed by atoms with van der Waals surface area (Å²) in [6.07, 6.45) is 1.84. The van der Waals surface area contributed by atoms with E-state index < -0.39 is 17.3 Å². The molecule has 0 amide bonds. The molecular formula is C20H33NO3S. The molecule has 1 N–H and O–H groups in total. The molecule has 5 unspecified atom stereocenters. The van der Waals surface area contributed by atoms with Crippen LogP contribution in [-0.2, 0) is 22.3 Å². The third-order valence-corrected chi connectivity index (χ3v) is 6.72. The summed E-state index contributed by atoms with van der Waals surface area (Å²) in [5, 5.41) is 10.1. The molecule has 0 aliphatic carbocycles. The van der Waals surface area contributed by atoms with Crippen LogP contribution in [0.2, 0.25) is 0 Å². The van der Waals surface area contributed by atoms with E-state index in [0.717, 1.165) is 24.8 Å². The van der Waals surface area contributed by atoms with Crippen molar-refractivity contribution < 1.29 is 14.1 Å². The molecule has 142 valence electrons. The van der Waals surface area contributed by atoms with E-state index >= 15 is 0 Å². The standard InChI is InChI=1S/C20H33NO3S/c1-6-17(18-13-12-15(2)19(22)24-18)21(25(23)20(3,4)5)14-16-10-8-7-9-11-16/h7-11,15,17-19,22H,6,12-14H2,1-5H3. The van der Waals surface area contributed by atoms with E-state index in [-0.39, 0.29) is 22.8 Å². The monoisotopic (exact) mass is 367 g/mol. The first-order valence-corrected chi connectivity index (χ1v) is 10.4. The first kappa shape index (κ1) is 20.6. The zero-order chi connectivity index (χ0) is 18.6. The van der Waals surface area contributed by atoms with Crippen LogP contribution in [0.1, 0.15) is 59.4 Å². The lowest BCUT2D eigenvalue weighted by Gasteiger charge is -2.42. The molecule has 1 aromatic carbocycles. The fourth-order valence-electron chi connectivity index (χ4n) is 3.30. The van der Waals surface area contributed by atoms with Crippen molar-refractivity contribution in [3.05, 3.63) is 35.9 Å². The van der Waals surface area contributed by atoms with Gasteiger partial charge in [-0.3, -0.25) is 0 Å². The molecule has 4 nitrogen and oxygen atoms in total. The average molecular weight is 368 g/mol. The van der Waals surface area contributed by atoms with E-state index in [0.29, 0.717) is 6.54 Å². The summed E-state index contributed by atoms with van der Waals surface area (Å²) in [6.45, 7) is 10.8. The zero-order valence-corrected chi connectivity index (χ0v) is 17.0. The van der Waals surface area contributed by atoms with Crippen molar-refractivity contribution in [3.8, 4) is 0 Å². The fourth-order valence-corrected chi connectivity index (χ4v) is 4.80. The average Bonchev–Trinajstić information content (AvgIpc) is 2.57. The molecule has 2 rings (SSSR count). The lowest BCUT2D eigenvalue weighted by atomic mass is 9.93. The van der Waals surface area contributed by atoms with E-state index in [1.165, 1.54) is 0 Å². The van der Waals surface area contributed by atoms with Gasteiger partial charge in [0.15, 0.2) is 6.29 Å². The van der Waals surface area contributed by atoms with E-state index in [9.17, 15) is 9.32 Å². The highest BCUT2D eigenvalue weighted by molar-refractivity contribution is 7.84. The molecule has 0 radical (unpaired) electrons. The molecule has 1 aliphatic rings. The summed E-state index contributed by atoms with van der Waals surface area (Å²) in [4.78, 5) is 0. The minimum absolute atomic E-state index is 0.0161. The maximum absolute atomic E-state index is 13.3. The van der Waals surface area contributed by atoms with Crippen LogP contribution in [0.4, 0.5) is 0 Å². The molecule has 1 fully saturated rings. The molecule has 25 heavy (non-hydrogen) atoms. The topological polar surface area (TPSA) is 49.8 Å². The molecule has 1 aromatic rings. The molecule has 0 spiro atoms. The van der Waals surface area contributed by atoms with Gasteiger partial charge >= 0.3 is 0 Å². The highest BCUT2D eigenvalue weighted by atomic mass is 32.2. The number of ether oxygens (including phenoxy) is 1. The van der Waals surface area contributed by atoms with Crippen molar-refractivity contribution in [2.75, 3.05) is 0 Å². The maximum Gasteiger partial charge on any atom is 0.157 e. The van der Waals surface area contributed by atoms with Gasteiger partial charge in [0.1, 0.15) is 11.0 Å². The second-order valence-corrected chi connectivity index (χ2v) is 10.2. The van der Waals surface area contributed by atoms with Gasteiger partial charge in [0.05, 0.1) is 10.9 Å². The first-order chi connectivity index (χ1) is 11.7. The molecule has 5 atom stereocenters. The summed E-state index contributed by atoms with van der Waals surface area (Å²) in [7, 11) is -1.16. The van der Waals surface area contributed by atoms with Crippen molar-refractivity contribution in [2.45, 2.75) is 83.6 Å². The van der Waals surface area contributed by atoms with Gasteiger partial charge in [0.25, 0.3) is 0 Å². The number of aliphatic hydroxyl groups is 1. The molecule has 0 saturated carbocycles. The van der Waals surface area contributed by atoms with Crippen LogP contribution >= 0.6 is 0 Å². The second kappa shape index (κ2) is 8.76. The predicted molar refractivity (Wildman–Crippen MR) is 103 cm³/mol. The lowest BCUT2D eigenvalue weighted by molar-refractivity contribution is -0.201. The van der Waals surface area contributed by atoms with Crippen molar-refractivity contribution >= 4 is 11.0 Å². The van der Waals surface area contributed by atoms with Gasteiger partial charge in [-0.25, -0.2) is 8.51 Å². The third-order valence-electron chi connectivity index (χ3n) is 4.84. The minimum Gasteiger partial charge on any atom is -0.368 e. The van der Waals surface area contributed by atoms with E-state index in [2.05, 4.69) is 23.4 Å². The number of nitrogens with zero attached hydrogens (tertiary/aromatic N) is 1. The maximum atomic E-state index is 13.3. The molecule has 0 aromatic heterocycles. The minimum atomic E-state index is -1.16. The summed E-state index contributed by atoms with van der Waals surface area (Å²) in [5.41, 5.74) is 1.14. The Bertz CT molecular complexity index is 558. The summed E-state index contributed by atoms with van der Waals surface area (Å²) >= 11 is 0. The number of hydrogen-bond acceptors (Lipinski definition) is 3. The van der Waals surface area contributed by atoms with E-state index in [1.807, 2.05) is 45.9 Å². The molecule has 5 heteroatoms. The molecule has 1 saturated heterocycles. The highest BCUT2D eigenvalue weighted by Crippen LogP contribution is 2.31. The van der Waals surface area contributed by atoms with Crippen molar-refractivity contribution in [1.29, 1.82) is 0 Å². The van der Waals surface area contributed by atoms with Gasteiger partial charge in [-0.1, -0.05) is 44.2 Å². The third kappa shape index (κ3) is 5.36. The van der Waals surface area contributed by atoms with E-state index in [4.69, 9.17) is 4.74 Å². The van der Waals surface area contributed by atoms with Crippen LogP contribution in [0.3, 0.4) is 0 Å². The number of aliphatic hydroxyl groups excluding tert-OH is 1. The molecular weight excluding hydrogens is 334 g/mol. The summed E-state index contributed by atoms with van der Waals surface area (Å²) in [5.74, 6) is 0.157. The van der Waals surface area contributed by atoms with Crippen molar-refractivity contribution in [1.82, 2.24) is 4.31 Å². The SMILES string of the molecule is CCC(C1CCC(C)C(O)O1)N(Cc1ccccc1)S(=O)C(C)(C)C. The quantitative estimate of drug-likeness (QED) is 0.830. The Morgan fingerprint density at radius 2 is 1.92 bits per heavy atom. The molecule has 0 bridgehead atoms. The second-order valence-electron chi connectivity index (χ2n) is 8.02. The Labute approximate surface area is 155 Å². The van der Waals surface area contributed by atoms with Gasteiger partial charge in [-0.05, 0) is 45.6 Å². The van der Waals surface area contributed by atoms with Gasteiger partial charge in [0.2, 0.25) is 0 Å². The van der Waals surface area contributed by atoms with Crippen LogP contribution in [-0.4, -0.2) is 36.8 Å². The largest absolute Gasteiger partial charge is 0.368 e. The summed E-state index contributed by atoms with van der Waals surface area (Å²) in [6, 6.07) is 10.2. The Balaban J connectivity index is 2.26. The van der Waals surface area contributed by atoms with Gasteiger partial charge in [-0.15, -0.1) is 0 Å². The molecule has 1 heterocycles. The van der Waals surface area contributed by atoms with Crippen LogP contribution in [0.5, 0.6) is 0 Å². The summed E-state index contributed by atoms with van der Waals surface area (Å²) < 4.78 is 20.9. The van der Waals surface area contributed by atoms with Gasteiger partial charge in [-0.2, -0.15) is 0 Å². The number of benzene rings is 1. The van der Waals surface area contributed by atoms with Crippen molar-refractivity contribution in [2.24, 2.45) is 5.92 Å². The smallest absolute Gasteiger partial charge is 0.157 e. The van der Waals surface area contributed by atoms with Crippen molar-refractivity contribution in [3.63, 3.8) is 0 Å². The van der Waals surface area contributed by atoms with Crippen LogP contribution in [0.15, 0.2) is 30.3 Å². The normalized spacial score (nSPS) is 27.2. The lowest BCUT2D eigenvalue weighted by Crippen LogP contribution is -2.51. The predicted octanol–water partition coefficient (Wildman–Crippen LogP) is 3.86.